The summed E-state index contributed by atoms with van der Waals surface area (Å²) in [6.07, 6.45) is 1.78. The third-order valence-corrected chi connectivity index (χ3v) is 4.95. The van der Waals surface area contributed by atoms with Crippen molar-refractivity contribution in [1.29, 1.82) is 0 Å². The van der Waals surface area contributed by atoms with Crippen molar-refractivity contribution in [3.8, 4) is 23.0 Å². The van der Waals surface area contributed by atoms with Gasteiger partial charge in [-0.05, 0) is 88.8 Å². The minimum absolute atomic E-state index is 0.604. The number of hydrogen-bond donors (Lipinski definition) is 0. The molecule has 0 unspecified atom stereocenters. The molecule has 3 aromatic carbocycles. The summed E-state index contributed by atoms with van der Waals surface area (Å²) in [5.74, 6) is 1.96. The Morgan fingerprint density at radius 3 is 2.46 bits per heavy atom. The second kappa shape index (κ2) is 8.02. The van der Waals surface area contributed by atoms with Gasteiger partial charge in [-0.25, -0.2) is 4.98 Å². The number of aliphatic imine (C=N–C) groups is 1. The number of halogens is 1. The highest BCUT2D eigenvalue weighted by atomic mass is 127. The van der Waals surface area contributed by atoms with E-state index in [-0.39, 0.29) is 0 Å². The summed E-state index contributed by atoms with van der Waals surface area (Å²) in [5.41, 5.74) is 4.17. The molecule has 0 atom stereocenters. The number of benzene rings is 3. The van der Waals surface area contributed by atoms with Gasteiger partial charge < -0.3 is 13.9 Å². The van der Waals surface area contributed by atoms with E-state index in [2.05, 4.69) is 32.6 Å². The summed E-state index contributed by atoms with van der Waals surface area (Å²) in [5, 5.41) is 0. The largest absolute Gasteiger partial charge is 0.493 e. The van der Waals surface area contributed by atoms with Crippen molar-refractivity contribution in [1.82, 2.24) is 4.98 Å². The van der Waals surface area contributed by atoms with Gasteiger partial charge in [-0.1, -0.05) is 0 Å². The van der Waals surface area contributed by atoms with E-state index in [1.165, 1.54) is 3.57 Å². The predicted molar refractivity (Wildman–Crippen MR) is 119 cm³/mol. The van der Waals surface area contributed by atoms with Crippen LogP contribution in [-0.2, 0) is 0 Å². The van der Waals surface area contributed by atoms with Crippen LogP contribution in [0.1, 0.15) is 5.56 Å². The first-order valence-corrected chi connectivity index (χ1v) is 9.67. The summed E-state index contributed by atoms with van der Waals surface area (Å²) in [4.78, 5) is 9.15. The molecule has 0 saturated heterocycles. The highest BCUT2D eigenvalue weighted by Gasteiger charge is 2.09. The SMILES string of the molecule is COc1ccc(C=Nc2ccc3oc(-c4ccc(I)cc4)nc3c2)cc1OC. The fraction of sp³-hybridized carbons (Fsp3) is 0.0909. The number of ether oxygens (including phenoxy) is 2. The molecule has 0 saturated carbocycles. The standard InChI is InChI=1S/C22H17IN2O3/c1-26-20-9-3-14(11-21(20)27-2)13-24-17-8-10-19-18(12-17)25-22(28-19)15-4-6-16(23)7-5-15/h3-13H,1-2H3. The van der Waals surface area contributed by atoms with Crippen molar-refractivity contribution < 1.29 is 13.9 Å². The Balaban J connectivity index is 1.61. The van der Waals surface area contributed by atoms with Gasteiger partial charge >= 0.3 is 0 Å². The quantitative estimate of drug-likeness (QED) is 0.263. The van der Waals surface area contributed by atoms with E-state index in [0.717, 1.165) is 27.9 Å². The van der Waals surface area contributed by atoms with Crippen LogP contribution in [0.15, 0.2) is 70.1 Å². The van der Waals surface area contributed by atoms with Crippen LogP contribution in [0.2, 0.25) is 0 Å². The van der Waals surface area contributed by atoms with Crippen LogP contribution in [0.3, 0.4) is 0 Å². The Hall–Kier alpha value is -2.87. The molecule has 0 aliphatic heterocycles. The molecule has 0 fully saturated rings. The number of aromatic nitrogens is 1. The first-order chi connectivity index (χ1) is 13.7. The highest BCUT2D eigenvalue weighted by Crippen LogP contribution is 2.29. The lowest BCUT2D eigenvalue weighted by Crippen LogP contribution is -1.91. The minimum atomic E-state index is 0.604. The monoisotopic (exact) mass is 484 g/mol. The fourth-order valence-corrected chi connectivity index (χ4v) is 3.15. The van der Waals surface area contributed by atoms with E-state index in [4.69, 9.17) is 13.9 Å². The lowest BCUT2D eigenvalue weighted by Gasteiger charge is -2.07. The summed E-state index contributed by atoms with van der Waals surface area (Å²) < 4.78 is 17.6. The second-order valence-electron chi connectivity index (χ2n) is 6.05. The van der Waals surface area contributed by atoms with Gasteiger partial charge in [-0.15, -0.1) is 0 Å². The number of rotatable bonds is 5. The van der Waals surface area contributed by atoms with Crippen molar-refractivity contribution in [3.05, 3.63) is 69.8 Å². The van der Waals surface area contributed by atoms with Crippen molar-refractivity contribution in [2.24, 2.45) is 4.99 Å². The van der Waals surface area contributed by atoms with Crippen molar-refractivity contribution in [2.45, 2.75) is 0 Å². The average molecular weight is 484 g/mol. The van der Waals surface area contributed by atoms with Crippen LogP contribution in [0.5, 0.6) is 11.5 Å². The molecule has 0 aliphatic rings. The zero-order valence-electron chi connectivity index (χ0n) is 15.3. The van der Waals surface area contributed by atoms with Gasteiger partial charge in [0.05, 0.1) is 19.9 Å². The summed E-state index contributed by atoms with van der Waals surface area (Å²) >= 11 is 2.27. The maximum atomic E-state index is 5.87. The van der Waals surface area contributed by atoms with Crippen molar-refractivity contribution in [3.63, 3.8) is 0 Å². The number of fused-ring (bicyclic) bond motifs is 1. The van der Waals surface area contributed by atoms with Gasteiger partial charge in [0.1, 0.15) is 5.52 Å². The molecule has 28 heavy (non-hydrogen) atoms. The topological polar surface area (TPSA) is 56.9 Å². The molecule has 0 bridgehead atoms. The minimum Gasteiger partial charge on any atom is -0.493 e. The van der Waals surface area contributed by atoms with Crippen LogP contribution in [0.4, 0.5) is 5.69 Å². The smallest absolute Gasteiger partial charge is 0.227 e. The Morgan fingerprint density at radius 1 is 0.929 bits per heavy atom. The molecule has 0 radical (unpaired) electrons. The zero-order valence-corrected chi connectivity index (χ0v) is 17.5. The molecule has 4 aromatic rings. The Bertz CT molecular complexity index is 1150. The van der Waals surface area contributed by atoms with Gasteiger partial charge in [-0.3, -0.25) is 4.99 Å². The van der Waals surface area contributed by atoms with Crippen molar-refractivity contribution in [2.75, 3.05) is 14.2 Å². The summed E-state index contributed by atoms with van der Waals surface area (Å²) in [7, 11) is 3.23. The van der Waals surface area contributed by atoms with Crippen molar-refractivity contribution >= 4 is 45.6 Å². The van der Waals surface area contributed by atoms with Crippen LogP contribution < -0.4 is 9.47 Å². The molecule has 0 amide bonds. The summed E-state index contributed by atoms with van der Waals surface area (Å²) in [6.45, 7) is 0. The lowest BCUT2D eigenvalue weighted by molar-refractivity contribution is 0.355. The number of nitrogens with zero attached hydrogens (tertiary/aromatic N) is 2. The first-order valence-electron chi connectivity index (χ1n) is 8.59. The molecular formula is C22H17IN2O3. The van der Waals surface area contributed by atoms with E-state index in [9.17, 15) is 0 Å². The fourth-order valence-electron chi connectivity index (χ4n) is 2.79. The number of hydrogen-bond acceptors (Lipinski definition) is 5. The zero-order chi connectivity index (χ0) is 19.5. The van der Waals surface area contributed by atoms with Crippen LogP contribution in [0.25, 0.3) is 22.6 Å². The lowest BCUT2D eigenvalue weighted by atomic mass is 10.2. The third kappa shape index (κ3) is 3.87. The molecule has 6 heteroatoms. The molecule has 5 nitrogen and oxygen atoms in total. The second-order valence-corrected chi connectivity index (χ2v) is 7.30. The molecule has 1 aromatic heterocycles. The average Bonchev–Trinajstić information content (AvgIpc) is 3.15. The molecule has 4 rings (SSSR count). The summed E-state index contributed by atoms with van der Waals surface area (Å²) in [6, 6.07) is 19.4. The van der Waals surface area contributed by atoms with Gasteiger partial charge in [-0.2, -0.15) is 0 Å². The van der Waals surface area contributed by atoms with Gasteiger partial charge in [0.15, 0.2) is 17.1 Å². The third-order valence-electron chi connectivity index (χ3n) is 4.23. The van der Waals surface area contributed by atoms with E-state index >= 15 is 0 Å². The molecule has 0 N–H and O–H groups in total. The van der Waals surface area contributed by atoms with Gasteiger partial charge in [0, 0.05) is 15.3 Å². The predicted octanol–water partition coefficient (Wildman–Crippen LogP) is 5.87. The van der Waals surface area contributed by atoms with Gasteiger partial charge in [0.25, 0.3) is 0 Å². The molecule has 0 spiro atoms. The Labute approximate surface area is 176 Å². The van der Waals surface area contributed by atoms with Crippen LogP contribution in [0, 0.1) is 3.57 Å². The van der Waals surface area contributed by atoms with E-state index in [0.29, 0.717) is 17.4 Å². The number of methoxy groups -OCH3 is 2. The molecule has 0 aliphatic carbocycles. The normalized spacial score (nSPS) is 11.2. The Kier molecular flexibility index (Phi) is 5.29. The maximum Gasteiger partial charge on any atom is 0.227 e. The van der Waals surface area contributed by atoms with Crippen LogP contribution >= 0.6 is 22.6 Å². The van der Waals surface area contributed by atoms with E-state index < -0.39 is 0 Å². The van der Waals surface area contributed by atoms with Gasteiger partial charge in [0.2, 0.25) is 5.89 Å². The number of oxazole rings is 1. The molecule has 140 valence electrons. The maximum absolute atomic E-state index is 5.87. The molecule has 1 heterocycles. The highest BCUT2D eigenvalue weighted by molar-refractivity contribution is 14.1. The molecular weight excluding hydrogens is 467 g/mol. The first kappa shape index (κ1) is 18.5. The Morgan fingerprint density at radius 2 is 1.71 bits per heavy atom. The van der Waals surface area contributed by atoms with Crippen LogP contribution in [-0.4, -0.2) is 25.4 Å². The van der Waals surface area contributed by atoms with E-state index in [1.807, 2.05) is 60.7 Å². The van der Waals surface area contributed by atoms with E-state index in [1.54, 1.807) is 20.4 Å².